The molecule has 0 fully saturated rings. The highest BCUT2D eigenvalue weighted by molar-refractivity contribution is 8.22. The molecule has 2 rings (SSSR count). The summed E-state index contributed by atoms with van der Waals surface area (Å²) in [7, 11) is 0. The molecule has 0 aliphatic rings. The number of rotatable bonds is 9. The van der Waals surface area contributed by atoms with E-state index in [0.717, 1.165) is 23.7 Å². The number of unbranched alkanes of at least 4 members (excludes halogenated alkanes) is 3. The Balaban J connectivity index is 1.64. The van der Waals surface area contributed by atoms with Crippen molar-refractivity contribution >= 4 is 28.3 Å². The quantitative estimate of drug-likeness (QED) is 0.477. The van der Waals surface area contributed by atoms with Gasteiger partial charge in [0, 0.05) is 5.75 Å². The second-order valence-corrected chi connectivity index (χ2v) is 7.23. The molecule has 0 amide bonds. The highest BCUT2D eigenvalue weighted by atomic mass is 32.2. The van der Waals surface area contributed by atoms with Gasteiger partial charge in [0.15, 0.2) is 0 Å². The van der Waals surface area contributed by atoms with Crippen LogP contribution in [0.4, 0.5) is 0 Å². The predicted molar refractivity (Wildman–Crippen MR) is 104 cm³/mol. The SMILES string of the molecule is NC(=S)SCCCCCCc1ccc(Oc2ccccc2)cc1. The molecule has 122 valence electrons. The van der Waals surface area contributed by atoms with E-state index in [1.807, 2.05) is 42.5 Å². The lowest BCUT2D eigenvalue weighted by molar-refractivity contribution is 0.482. The van der Waals surface area contributed by atoms with Crippen LogP contribution in [0.3, 0.4) is 0 Å². The van der Waals surface area contributed by atoms with Gasteiger partial charge < -0.3 is 10.5 Å². The zero-order valence-corrected chi connectivity index (χ0v) is 14.9. The Labute approximate surface area is 148 Å². The van der Waals surface area contributed by atoms with Crippen LogP contribution in [-0.2, 0) is 6.42 Å². The molecule has 4 heteroatoms. The van der Waals surface area contributed by atoms with Crippen molar-refractivity contribution in [2.75, 3.05) is 5.75 Å². The van der Waals surface area contributed by atoms with Crippen molar-refractivity contribution in [1.29, 1.82) is 0 Å². The average Bonchev–Trinajstić information content (AvgIpc) is 2.56. The molecular weight excluding hydrogens is 322 g/mol. The molecule has 0 radical (unpaired) electrons. The molecule has 0 aromatic heterocycles. The van der Waals surface area contributed by atoms with E-state index in [-0.39, 0.29) is 0 Å². The first-order chi connectivity index (χ1) is 11.2. The van der Waals surface area contributed by atoms with Gasteiger partial charge in [-0.25, -0.2) is 0 Å². The van der Waals surface area contributed by atoms with E-state index in [1.54, 1.807) is 11.8 Å². The third kappa shape index (κ3) is 7.53. The first-order valence-corrected chi connectivity index (χ1v) is 9.37. The van der Waals surface area contributed by atoms with Crippen LogP contribution in [0.1, 0.15) is 31.2 Å². The summed E-state index contributed by atoms with van der Waals surface area (Å²) >= 11 is 6.43. The molecule has 0 unspecified atom stereocenters. The topological polar surface area (TPSA) is 35.2 Å². The van der Waals surface area contributed by atoms with E-state index in [0.29, 0.717) is 4.32 Å². The monoisotopic (exact) mass is 345 g/mol. The Hall–Kier alpha value is -1.52. The van der Waals surface area contributed by atoms with Crippen LogP contribution in [0.5, 0.6) is 11.5 Å². The molecule has 0 saturated heterocycles. The fraction of sp³-hybridized carbons (Fsp3) is 0.316. The summed E-state index contributed by atoms with van der Waals surface area (Å²) in [6.07, 6.45) is 6.02. The van der Waals surface area contributed by atoms with Gasteiger partial charge in [0.2, 0.25) is 0 Å². The molecule has 2 aromatic carbocycles. The van der Waals surface area contributed by atoms with Gasteiger partial charge in [0.05, 0.1) is 0 Å². The van der Waals surface area contributed by atoms with Gasteiger partial charge >= 0.3 is 0 Å². The standard InChI is InChI=1S/C19H23NOS2/c20-19(22)23-15-7-2-1-4-8-16-11-13-18(14-12-16)21-17-9-5-3-6-10-17/h3,5-6,9-14H,1-2,4,7-8,15H2,(H2,20,22). The number of hydrogen-bond donors (Lipinski definition) is 1. The van der Waals surface area contributed by atoms with Gasteiger partial charge in [0.1, 0.15) is 15.8 Å². The largest absolute Gasteiger partial charge is 0.457 e. The minimum atomic E-state index is 0.558. The minimum Gasteiger partial charge on any atom is -0.457 e. The van der Waals surface area contributed by atoms with E-state index < -0.39 is 0 Å². The van der Waals surface area contributed by atoms with Crippen LogP contribution in [0, 0.1) is 0 Å². The number of thiocarbonyl (C=S) groups is 1. The molecular formula is C19H23NOS2. The lowest BCUT2D eigenvalue weighted by Crippen LogP contribution is -2.02. The summed E-state index contributed by atoms with van der Waals surface area (Å²) in [6.45, 7) is 0. The van der Waals surface area contributed by atoms with Gasteiger partial charge in [-0.05, 0) is 49.1 Å². The van der Waals surface area contributed by atoms with E-state index in [1.165, 1.54) is 31.2 Å². The van der Waals surface area contributed by atoms with Crippen LogP contribution < -0.4 is 10.5 Å². The summed E-state index contributed by atoms with van der Waals surface area (Å²) in [6, 6.07) is 18.3. The Morgan fingerprint density at radius 3 is 2.22 bits per heavy atom. The van der Waals surface area contributed by atoms with Crippen LogP contribution >= 0.6 is 24.0 Å². The summed E-state index contributed by atoms with van der Waals surface area (Å²) in [5.74, 6) is 2.80. The maximum atomic E-state index is 5.80. The Kier molecular flexibility index (Phi) is 7.98. The maximum absolute atomic E-state index is 5.80. The highest BCUT2D eigenvalue weighted by Gasteiger charge is 1.98. The normalized spacial score (nSPS) is 10.4. The molecule has 0 heterocycles. The molecule has 0 saturated carbocycles. The van der Waals surface area contributed by atoms with Crippen molar-refractivity contribution in [2.45, 2.75) is 32.1 Å². The number of thioether (sulfide) groups is 1. The molecule has 0 bridgehead atoms. The number of nitrogens with two attached hydrogens (primary N) is 1. The van der Waals surface area contributed by atoms with Crippen molar-refractivity contribution in [1.82, 2.24) is 0 Å². The van der Waals surface area contributed by atoms with Crippen molar-refractivity contribution in [3.8, 4) is 11.5 Å². The maximum Gasteiger partial charge on any atom is 0.131 e. The van der Waals surface area contributed by atoms with Gasteiger partial charge in [-0.3, -0.25) is 0 Å². The molecule has 2 nitrogen and oxygen atoms in total. The van der Waals surface area contributed by atoms with Crippen molar-refractivity contribution in [3.63, 3.8) is 0 Å². The Morgan fingerprint density at radius 2 is 1.52 bits per heavy atom. The fourth-order valence-corrected chi connectivity index (χ4v) is 3.11. The first-order valence-electron chi connectivity index (χ1n) is 7.98. The van der Waals surface area contributed by atoms with Crippen LogP contribution in [0.15, 0.2) is 54.6 Å². The second kappa shape index (κ2) is 10.3. The highest BCUT2D eigenvalue weighted by Crippen LogP contribution is 2.21. The molecule has 2 aromatic rings. The Bertz CT molecular complexity index is 584. The van der Waals surface area contributed by atoms with Crippen LogP contribution in [-0.4, -0.2) is 10.1 Å². The van der Waals surface area contributed by atoms with Gasteiger partial charge in [-0.2, -0.15) is 0 Å². The predicted octanol–water partition coefficient (Wildman–Crippen LogP) is 5.56. The van der Waals surface area contributed by atoms with Crippen molar-refractivity contribution in [2.24, 2.45) is 5.73 Å². The van der Waals surface area contributed by atoms with Crippen LogP contribution in [0.25, 0.3) is 0 Å². The number of hydrogen-bond acceptors (Lipinski definition) is 3. The minimum absolute atomic E-state index is 0.558. The van der Waals surface area contributed by atoms with E-state index in [4.69, 9.17) is 22.7 Å². The van der Waals surface area contributed by atoms with E-state index >= 15 is 0 Å². The van der Waals surface area contributed by atoms with Gasteiger partial charge in [-0.1, -0.05) is 67.2 Å². The number of aryl methyl sites for hydroxylation is 1. The molecule has 0 spiro atoms. The zero-order valence-electron chi connectivity index (χ0n) is 13.2. The van der Waals surface area contributed by atoms with Gasteiger partial charge in [-0.15, -0.1) is 0 Å². The number of benzene rings is 2. The number of ether oxygens (including phenoxy) is 1. The third-order valence-corrected chi connectivity index (χ3v) is 4.64. The lowest BCUT2D eigenvalue weighted by atomic mass is 10.1. The fourth-order valence-electron chi connectivity index (χ4n) is 2.31. The van der Waals surface area contributed by atoms with Crippen molar-refractivity contribution in [3.05, 3.63) is 60.2 Å². The molecule has 0 atom stereocenters. The van der Waals surface area contributed by atoms with Crippen LogP contribution in [0.2, 0.25) is 0 Å². The van der Waals surface area contributed by atoms with E-state index in [2.05, 4.69) is 12.1 Å². The lowest BCUT2D eigenvalue weighted by Gasteiger charge is -2.07. The molecule has 0 aliphatic carbocycles. The molecule has 2 N–H and O–H groups in total. The summed E-state index contributed by atoms with van der Waals surface area (Å²) in [5, 5.41) is 0. The number of para-hydroxylation sites is 1. The third-order valence-electron chi connectivity index (χ3n) is 3.51. The second-order valence-electron chi connectivity index (χ2n) is 5.39. The summed E-state index contributed by atoms with van der Waals surface area (Å²) in [4.78, 5) is 0. The first kappa shape index (κ1) is 17.8. The Morgan fingerprint density at radius 1 is 0.870 bits per heavy atom. The van der Waals surface area contributed by atoms with Crippen molar-refractivity contribution < 1.29 is 4.74 Å². The van der Waals surface area contributed by atoms with E-state index in [9.17, 15) is 0 Å². The summed E-state index contributed by atoms with van der Waals surface area (Å²) in [5.41, 5.74) is 6.82. The van der Waals surface area contributed by atoms with Gasteiger partial charge in [0.25, 0.3) is 0 Å². The molecule has 23 heavy (non-hydrogen) atoms. The zero-order chi connectivity index (χ0) is 16.3. The average molecular weight is 346 g/mol. The molecule has 0 aliphatic heterocycles. The summed E-state index contributed by atoms with van der Waals surface area (Å²) < 4.78 is 6.36. The smallest absolute Gasteiger partial charge is 0.131 e.